The fourth-order valence-electron chi connectivity index (χ4n) is 3.80. The number of allylic oxidation sites excluding steroid dienone is 4. The highest BCUT2D eigenvalue weighted by atomic mass is 16.5. The SMILES string of the molecule is CCCCC/C=C\C/C=C\CCCCCCCCN(C(C)=O)C1OCC(O)C(O)C1O. The lowest BCUT2D eigenvalue weighted by Crippen LogP contribution is -2.60. The maximum atomic E-state index is 11.9. The van der Waals surface area contributed by atoms with E-state index in [0.29, 0.717) is 6.54 Å². The van der Waals surface area contributed by atoms with Gasteiger partial charge in [0.05, 0.1) is 6.61 Å². The van der Waals surface area contributed by atoms with Crippen LogP contribution in [0.2, 0.25) is 0 Å². The van der Waals surface area contributed by atoms with Gasteiger partial charge in [0.15, 0.2) is 6.23 Å². The standard InChI is InChI=1S/C25H45NO5/c1-3-4-5-6-7-8-9-10-11-12-13-14-15-16-17-18-19-26(21(2)27)25-24(30)23(29)22(28)20-31-25/h7-8,10-11,22-25,28-30H,3-6,9,12-20H2,1-2H3/b8-7-,11-10-. The van der Waals surface area contributed by atoms with Crippen molar-refractivity contribution in [2.45, 2.75) is 115 Å². The zero-order valence-corrected chi connectivity index (χ0v) is 19.6. The molecule has 1 fully saturated rings. The summed E-state index contributed by atoms with van der Waals surface area (Å²) in [6.45, 7) is 4.06. The minimum absolute atomic E-state index is 0.0869. The molecule has 6 nitrogen and oxygen atoms in total. The van der Waals surface area contributed by atoms with Gasteiger partial charge < -0.3 is 25.0 Å². The van der Waals surface area contributed by atoms with Crippen molar-refractivity contribution in [3.63, 3.8) is 0 Å². The summed E-state index contributed by atoms with van der Waals surface area (Å²) in [5.41, 5.74) is 0. The fraction of sp³-hybridized carbons (Fsp3) is 0.800. The van der Waals surface area contributed by atoms with Crippen LogP contribution in [0.3, 0.4) is 0 Å². The third-order valence-electron chi connectivity index (χ3n) is 5.79. The van der Waals surface area contributed by atoms with Crippen LogP contribution in [0, 0.1) is 0 Å². The average molecular weight is 440 g/mol. The molecule has 0 radical (unpaired) electrons. The van der Waals surface area contributed by atoms with Crippen molar-refractivity contribution in [1.82, 2.24) is 4.90 Å². The molecule has 0 bridgehead atoms. The summed E-state index contributed by atoms with van der Waals surface area (Å²) in [5.74, 6) is -0.199. The first-order valence-corrected chi connectivity index (χ1v) is 12.2. The van der Waals surface area contributed by atoms with Gasteiger partial charge in [0.1, 0.15) is 18.3 Å². The number of ether oxygens (including phenoxy) is 1. The van der Waals surface area contributed by atoms with E-state index in [1.165, 1.54) is 56.8 Å². The minimum Gasteiger partial charge on any atom is -0.388 e. The molecule has 0 aromatic rings. The maximum absolute atomic E-state index is 11.9. The molecule has 1 saturated heterocycles. The number of unbranched alkanes of at least 4 members (excludes halogenated alkanes) is 9. The summed E-state index contributed by atoms with van der Waals surface area (Å²) < 4.78 is 5.41. The summed E-state index contributed by atoms with van der Waals surface area (Å²) in [4.78, 5) is 13.4. The molecule has 0 aromatic carbocycles. The predicted molar refractivity (Wildman–Crippen MR) is 125 cm³/mol. The molecule has 6 heteroatoms. The Labute approximate surface area is 189 Å². The van der Waals surface area contributed by atoms with Crippen molar-refractivity contribution in [2.75, 3.05) is 13.2 Å². The molecule has 180 valence electrons. The first-order chi connectivity index (χ1) is 15.0. The number of nitrogens with zero attached hydrogens (tertiary/aromatic N) is 1. The monoisotopic (exact) mass is 439 g/mol. The molecule has 1 aliphatic heterocycles. The highest BCUT2D eigenvalue weighted by molar-refractivity contribution is 5.73. The van der Waals surface area contributed by atoms with E-state index in [1.54, 1.807) is 0 Å². The van der Waals surface area contributed by atoms with Crippen molar-refractivity contribution in [3.8, 4) is 0 Å². The van der Waals surface area contributed by atoms with Gasteiger partial charge in [-0.25, -0.2) is 0 Å². The molecule has 1 amide bonds. The average Bonchev–Trinajstić information content (AvgIpc) is 2.75. The van der Waals surface area contributed by atoms with E-state index in [4.69, 9.17) is 4.74 Å². The molecule has 4 atom stereocenters. The molecular formula is C25H45NO5. The number of aliphatic hydroxyl groups excluding tert-OH is 3. The summed E-state index contributed by atoms with van der Waals surface area (Å²) in [6.07, 6.45) is 18.3. The van der Waals surface area contributed by atoms with Gasteiger partial charge in [-0.3, -0.25) is 4.79 Å². The Hall–Kier alpha value is -1.21. The summed E-state index contributed by atoms with van der Waals surface area (Å²) in [7, 11) is 0. The quantitative estimate of drug-likeness (QED) is 0.249. The van der Waals surface area contributed by atoms with Crippen LogP contribution in [0.4, 0.5) is 0 Å². The lowest BCUT2D eigenvalue weighted by atomic mass is 10.0. The fourth-order valence-corrected chi connectivity index (χ4v) is 3.80. The molecule has 1 aliphatic rings. The highest BCUT2D eigenvalue weighted by Gasteiger charge is 2.41. The first kappa shape index (κ1) is 27.8. The van der Waals surface area contributed by atoms with Crippen LogP contribution < -0.4 is 0 Å². The van der Waals surface area contributed by atoms with E-state index in [-0.39, 0.29) is 12.5 Å². The molecule has 31 heavy (non-hydrogen) atoms. The second kappa shape index (κ2) is 17.4. The van der Waals surface area contributed by atoms with E-state index < -0.39 is 24.5 Å². The van der Waals surface area contributed by atoms with Crippen molar-refractivity contribution in [2.24, 2.45) is 0 Å². The predicted octanol–water partition coefficient (Wildman–Crippen LogP) is 4.09. The molecular weight excluding hydrogens is 394 g/mol. The van der Waals surface area contributed by atoms with Gasteiger partial charge in [-0.1, -0.05) is 69.8 Å². The van der Waals surface area contributed by atoms with Crippen LogP contribution in [0.1, 0.15) is 90.9 Å². The Morgan fingerprint density at radius 3 is 2.06 bits per heavy atom. The third-order valence-corrected chi connectivity index (χ3v) is 5.79. The number of rotatable bonds is 16. The Balaban J connectivity index is 2.06. The second-order valence-corrected chi connectivity index (χ2v) is 8.57. The molecule has 3 N–H and O–H groups in total. The maximum Gasteiger partial charge on any atom is 0.221 e. The largest absolute Gasteiger partial charge is 0.388 e. The smallest absolute Gasteiger partial charge is 0.221 e. The second-order valence-electron chi connectivity index (χ2n) is 8.57. The van der Waals surface area contributed by atoms with E-state index in [9.17, 15) is 20.1 Å². The zero-order chi connectivity index (χ0) is 22.9. The van der Waals surface area contributed by atoms with Crippen LogP contribution in [0.5, 0.6) is 0 Å². The van der Waals surface area contributed by atoms with Gasteiger partial charge in [0.25, 0.3) is 0 Å². The van der Waals surface area contributed by atoms with Crippen molar-refractivity contribution in [1.29, 1.82) is 0 Å². The van der Waals surface area contributed by atoms with Gasteiger partial charge in [0.2, 0.25) is 5.91 Å². The Morgan fingerprint density at radius 2 is 1.45 bits per heavy atom. The summed E-state index contributed by atoms with van der Waals surface area (Å²) in [6, 6.07) is 0. The summed E-state index contributed by atoms with van der Waals surface area (Å²) in [5, 5.41) is 29.5. The van der Waals surface area contributed by atoms with Crippen molar-refractivity contribution in [3.05, 3.63) is 24.3 Å². The van der Waals surface area contributed by atoms with E-state index >= 15 is 0 Å². The summed E-state index contributed by atoms with van der Waals surface area (Å²) >= 11 is 0. The third kappa shape index (κ3) is 11.8. The number of hydrogen-bond donors (Lipinski definition) is 3. The van der Waals surface area contributed by atoms with E-state index in [0.717, 1.165) is 32.1 Å². The van der Waals surface area contributed by atoms with Crippen LogP contribution in [0.25, 0.3) is 0 Å². The number of amides is 1. The topological polar surface area (TPSA) is 90.2 Å². The molecule has 1 rings (SSSR count). The minimum atomic E-state index is -1.29. The number of carbonyl (C=O) groups excluding carboxylic acids is 1. The lowest BCUT2D eigenvalue weighted by Gasteiger charge is -2.41. The molecule has 1 heterocycles. The normalized spacial score (nSPS) is 24.3. The lowest BCUT2D eigenvalue weighted by molar-refractivity contribution is -0.227. The van der Waals surface area contributed by atoms with Gasteiger partial charge in [-0.2, -0.15) is 0 Å². The molecule has 4 unspecified atom stereocenters. The number of aliphatic hydroxyl groups is 3. The number of hydrogen-bond acceptors (Lipinski definition) is 5. The first-order valence-electron chi connectivity index (χ1n) is 12.2. The van der Waals surface area contributed by atoms with Crippen LogP contribution in [-0.4, -0.2) is 63.8 Å². The van der Waals surface area contributed by atoms with E-state index in [2.05, 4.69) is 31.2 Å². The Kier molecular flexibility index (Phi) is 15.6. The molecule has 0 saturated carbocycles. The van der Waals surface area contributed by atoms with Gasteiger partial charge in [-0.05, 0) is 38.5 Å². The molecule has 0 aliphatic carbocycles. The Morgan fingerprint density at radius 1 is 0.871 bits per heavy atom. The van der Waals surface area contributed by atoms with Crippen LogP contribution >= 0.6 is 0 Å². The van der Waals surface area contributed by atoms with Crippen LogP contribution in [0.15, 0.2) is 24.3 Å². The molecule has 0 aromatic heterocycles. The molecule has 0 spiro atoms. The van der Waals surface area contributed by atoms with Crippen molar-refractivity contribution < 1.29 is 24.9 Å². The number of carbonyl (C=O) groups is 1. The Bertz CT molecular complexity index is 522. The van der Waals surface area contributed by atoms with Gasteiger partial charge in [-0.15, -0.1) is 0 Å². The highest BCUT2D eigenvalue weighted by Crippen LogP contribution is 2.20. The van der Waals surface area contributed by atoms with Crippen LogP contribution in [-0.2, 0) is 9.53 Å². The zero-order valence-electron chi connectivity index (χ0n) is 19.6. The van der Waals surface area contributed by atoms with Crippen molar-refractivity contribution >= 4 is 5.91 Å². The van der Waals surface area contributed by atoms with E-state index in [1.807, 2.05) is 0 Å². The van der Waals surface area contributed by atoms with Gasteiger partial charge >= 0.3 is 0 Å². The van der Waals surface area contributed by atoms with Gasteiger partial charge in [0, 0.05) is 13.5 Å².